The van der Waals surface area contributed by atoms with Crippen molar-refractivity contribution in [2.45, 2.75) is 168 Å². The van der Waals surface area contributed by atoms with Crippen LogP contribution in [0.3, 0.4) is 0 Å². The van der Waals surface area contributed by atoms with Crippen LogP contribution in [0.5, 0.6) is 0 Å². The van der Waals surface area contributed by atoms with E-state index in [1.54, 1.807) is 0 Å². The van der Waals surface area contributed by atoms with Gasteiger partial charge in [0.25, 0.3) is 0 Å². The van der Waals surface area contributed by atoms with Crippen LogP contribution >= 0.6 is 7.82 Å². The summed E-state index contributed by atoms with van der Waals surface area (Å²) in [5.41, 5.74) is 5.33. The first-order chi connectivity index (χ1) is 24.3. The molecule has 0 aliphatic rings. The standard InChI is InChI=1S/C40H72NO8P/c1-3-5-7-9-11-13-15-17-18-19-21-22-24-26-28-30-32-39(42)46-36-38(37-48-50(44,45)47-35-34-41)49-40(43)33-31-29-27-25-23-20-16-14-12-10-8-6-4-2/h6,8,12,14,20,23,27,29,38H,3-5,7,9-11,13,15-19,21-22,24-26,28,30-37,41H2,1-2H3,(H,44,45)/b8-6-,14-12-,23-20-,29-27-. The molecule has 3 N–H and O–H groups in total. The molecule has 50 heavy (non-hydrogen) atoms. The summed E-state index contributed by atoms with van der Waals surface area (Å²) in [5, 5.41) is 0. The third kappa shape index (κ3) is 35.8. The number of carbonyl (C=O) groups excluding carboxylic acids is 2. The summed E-state index contributed by atoms with van der Waals surface area (Å²) in [5.74, 6) is -0.923. The van der Waals surface area contributed by atoms with E-state index in [-0.39, 0.29) is 32.6 Å². The summed E-state index contributed by atoms with van der Waals surface area (Å²) < 4.78 is 32.6. The van der Waals surface area contributed by atoms with E-state index in [9.17, 15) is 19.0 Å². The van der Waals surface area contributed by atoms with Crippen molar-refractivity contribution in [1.29, 1.82) is 0 Å². The summed E-state index contributed by atoms with van der Waals surface area (Å²) in [4.78, 5) is 34.7. The van der Waals surface area contributed by atoms with E-state index >= 15 is 0 Å². The zero-order valence-electron chi connectivity index (χ0n) is 31.6. The van der Waals surface area contributed by atoms with Gasteiger partial charge in [-0.25, -0.2) is 4.57 Å². The van der Waals surface area contributed by atoms with E-state index in [1.807, 2.05) is 12.2 Å². The second-order valence-corrected chi connectivity index (χ2v) is 14.2. The number of carbonyl (C=O) groups is 2. The maximum absolute atomic E-state index is 12.5. The van der Waals surface area contributed by atoms with Gasteiger partial charge in [-0.2, -0.15) is 0 Å². The van der Waals surface area contributed by atoms with Crippen LogP contribution in [0.25, 0.3) is 0 Å². The molecule has 2 atom stereocenters. The molecule has 0 radical (unpaired) electrons. The largest absolute Gasteiger partial charge is 0.472 e. The van der Waals surface area contributed by atoms with Crippen molar-refractivity contribution in [3.63, 3.8) is 0 Å². The molecular formula is C40H72NO8P. The topological polar surface area (TPSA) is 134 Å². The third-order valence-corrected chi connectivity index (χ3v) is 8.98. The molecule has 0 rings (SSSR count). The fourth-order valence-electron chi connectivity index (χ4n) is 5.12. The van der Waals surface area contributed by atoms with Gasteiger partial charge in [0.2, 0.25) is 0 Å². The molecular weight excluding hydrogens is 653 g/mol. The number of allylic oxidation sites excluding steroid dienone is 8. The van der Waals surface area contributed by atoms with Crippen molar-refractivity contribution in [2.75, 3.05) is 26.4 Å². The van der Waals surface area contributed by atoms with Crippen LogP contribution in [0.2, 0.25) is 0 Å². The number of hydrogen-bond donors (Lipinski definition) is 2. The SMILES string of the molecule is CC/C=C\C/C=C\C/C=C\C/C=C\CCC(=O)OC(COC(=O)CCCCCCCCCCCCCCCCCC)COP(=O)(O)OCCN. The number of phosphoric acid groups is 1. The van der Waals surface area contributed by atoms with Crippen LogP contribution in [-0.4, -0.2) is 49.3 Å². The first-order valence-electron chi connectivity index (χ1n) is 19.6. The van der Waals surface area contributed by atoms with Crippen molar-refractivity contribution < 1.29 is 37.6 Å². The average molecular weight is 726 g/mol. The van der Waals surface area contributed by atoms with E-state index < -0.39 is 32.5 Å². The molecule has 0 spiro atoms. The lowest BCUT2D eigenvalue weighted by Crippen LogP contribution is -2.29. The molecule has 10 heteroatoms. The van der Waals surface area contributed by atoms with Crippen LogP contribution < -0.4 is 5.73 Å². The number of esters is 2. The van der Waals surface area contributed by atoms with Crippen molar-refractivity contribution in [3.8, 4) is 0 Å². The van der Waals surface area contributed by atoms with Gasteiger partial charge in [-0.05, 0) is 38.5 Å². The fraction of sp³-hybridized carbons (Fsp3) is 0.750. The quantitative estimate of drug-likeness (QED) is 0.0280. The number of rotatable bonds is 36. The van der Waals surface area contributed by atoms with Gasteiger partial charge in [0.15, 0.2) is 6.10 Å². The van der Waals surface area contributed by atoms with Crippen LogP contribution in [0.1, 0.15) is 162 Å². The zero-order chi connectivity index (χ0) is 36.8. The normalized spacial score (nSPS) is 13.9. The third-order valence-electron chi connectivity index (χ3n) is 7.99. The highest BCUT2D eigenvalue weighted by Crippen LogP contribution is 2.43. The van der Waals surface area contributed by atoms with E-state index in [2.05, 4.69) is 50.3 Å². The molecule has 0 fully saturated rings. The lowest BCUT2D eigenvalue weighted by atomic mass is 10.0. The zero-order valence-corrected chi connectivity index (χ0v) is 32.5. The Balaban J connectivity index is 4.27. The monoisotopic (exact) mass is 725 g/mol. The molecule has 9 nitrogen and oxygen atoms in total. The summed E-state index contributed by atoms with van der Waals surface area (Å²) in [6.07, 6.45) is 40.2. The van der Waals surface area contributed by atoms with Gasteiger partial charge < -0.3 is 20.1 Å². The Labute approximate surface area is 305 Å². The Bertz CT molecular complexity index is 965. The lowest BCUT2D eigenvalue weighted by molar-refractivity contribution is -0.161. The summed E-state index contributed by atoms with van der Waals surface area (Å²) in [7, 11) is -4.39. The molecule has 0 aromatic carbocycles. The highest BCUT2D eigenvalue weighted by atomic mass is 31.2. The van der Waals surface area contributed by atoms with E-state index in [1.165, 1.54) is 83.5 Å². The summed E-state index contributed by atoms with van der Waals surface area (Å²) in [6, 6.07) is 0. The molecule has 0 aliphatic carbocycles. The lowest BCUT2D eigenvalue weighted by Gasteiger charge is -2.19. The van der Waals surface area contributed by atoms with Gasteiger partial charge in [-0.1, -0.05) is 159 Å². The summed E-state index contributed by atoms with van der Waals surface area (Å²) >= 11 is 0. The number of nitrogens with two attached hydrogens (primary N) is 1. The van der Waals surface area contributed by atoms with Crippen LogP contribution in [0.15, 0.2) is 48.6 Å². The second kappa shape index (κ2) is 36.8. The molecule has 2 unspecified atom stereocenters. The smallest absolute Gasteiger partial charge is 0.462 e. The van der Waals surface area contributed by atoms with Gasteiger partial charge in [-0.3, -0.25) is 18.6 Å². The molecule has 0 saturated carbocycles. The van der Waals surface area contributed by atoms with Crippen molar-refractivity contribution in [2.24, 2.45) is 5.73 Å². The number of hydrogen-bond acceptors (Lipinski definition) is 8. The second-order valence-electron chi connectivity index (χ2n) is 12.8. The highest BCUT2D eigenvalue weighted by Gasteiger charge is 2.25. The minimum absolute atomic E-state index is 0.0423. The molecule has 0 heterocycles. The fourth-order valence-corrected chi connectivity index (χ4v) is 5.88. The van der Waals surface area contributed by atoms with E-state index in [0.717, 1.165) is 44.9 Å². The number of phosphoric ester groups is 1. The highest BCUT2D eigenvalue weighted by molar-refractivity contribution is 7.47. The molecule has 0 amide bonds. The predicted molar refractivity (Wildman–Crippen MR) is 206 cm³/mol. The van der Waals surface area contributed by atoms with Crippen LogP contribution in [0, 0.1) is 0 Å². The van der Waals surface area contributed by atoms with Crippen LogP contribution in [-0.2, 0) is 32.7 Å². The van der Waals surface area contributed by atoms with Gasteiger partial charge in [-0.15, -0.1) is 0 Å². The molecule has 0 bridgehead atoms. The molecule has 290 valence electrons. The Morgan fingerprint density at radius 1 is 0.620 bits per heavy atom. The van der Waals surface area contributed by atoms with Gasteiger partial charge in [0.05, 0.1) is 13.2 Å². The predicted octanol–water partition coefficient (Wildman–Crippen LogP) is 10.8. The first kappa shape index (κ1) is 48.0. The maximum atomic E-state index is 12.5. The first-order valence-corrected chi connectivity index (χ1v) is 21.1. The minimum atomic E-state index is -4.39. The van der Waals surface area contributed by atoms with Crippen molar-refractivity contribution in [1.82, 2.24) is 0 Å². The molecule has 0 aromatic heterocycles. The average Bonchev–Trinajstić information content (AvgIpc) is 3.10. The maximum Gasteiger partial charge on any atom is 0.472 e. The van der Waals surface area contributed by atoms with Crippen molar-refractivity contribution >= 4 is 19.8 Å². The van der Waals surface area contributed by atoms with Gasteiger partial charge >= 0.3 is 19.8 Å². The number of unbranched alkanes of at least 4 members (excludes halogenated alkanes) is 15. The minimum Gasteiger partial charge on any atom is -0.462 e. The molecule has 0 saturated heterocycles. The Hall–Kier alpha value is -2.03. The molecule has 0 aromatic rings. The summed E-state index contributed by atoms with van der Waals surface area (Å²) in [6.45, 7) is 3.52. The Kier molecular flexibility index (Phi) is 35.3. The van der Waals surface area contributed by atoms with Crippen LogP contribution in [0.4, 0.5) is 0 Å². The Morgan fingerprint density at radius 2 is 1.10 bits per heavy atom. The number of ether oxygens (including phenoxy) is 2. The van der Waals surface area contributed by atoms with Gasteiger partial charge in [0.1, 0.15) is 6.61 Å². The van der Waals surface area contributed by atoms with E-state index in [0.29, 0.717) is 6.42 Å². The van der Waals surface area contributed by atoms with E-state index in [4.69, 9.17) is 24.3 Å². The molecule has 0 aliphatic heterocycles. The van der Waals surface area contributed by atoms with Gasteiger partial charge in [0, 0.05) is 19.4 Å². The Morgan fingerprint density at radius 3 is 1.60 bits per heavy atom. The van der Waals surface area contributed by atoms with Crippen molar-refractivity contribution in [3.05, 3.63) is 48.6 Å².